The van der Waals surface area contributed by atoms with E-state index in [0.717, 1.165) is 38.5 Å². The lowest BCUT2D eigenvalue weighted by molar-refractivity contribution is -0.129. The third-order valence-corrected chi connectivity index (χ3v) is 4.91. The van der Waals surface area contributed by atoms with Crippen molar-refractivity contribution >= 4 is 0 Å². The van der Waals surface area contributed by atoms with Gasteiger partial charge in [-0.2, -0.15) is 0 Å². The number of hydrogen-bond acceptors (Lipinski definition) is 2. The summed E-state index contributed by atoms with van der Waals surface area (Å²) in [7, 11) is 0. The van der Waals surface area contributed by atoms with Crippen LogP contribution in [-0.4, -0.2) is 11.2 Å². The Balaban J connectivity index is 5.68. The molecule has 0 fully saturated rings. The molecule has 20 heavy (non-hydrogen) atoms. The Morgan fingerprint density at radius 2 is 1.35 bits per heavy atom. The van der Waals surface area contributed by atoms with Gasteiger partial charge < -0.3 is 10.5 Å². The van der Waals surface area contributed by atoms with Gasteiger partial charge in [0, 0.05) is 0 Å². The highest BCUT2D eigenvalue weighted by atomic mass is 16.5. The average molecular weight is 281 g/mol. The van der Waals surface area contributed by atoms with E-state index in [9.17, 15) is 0 Å². The second-order valence-electron chi connectivity index (χ2n) is 5.51. The molecule has 118 valence electrons. The Labute approximate surface area is 126 Å². The average Bonchev–Trinajstić information content (AvgIpc) is 2.51. The topological polar surface area (TPSA) is 35.2 Å². The maximum absolute atomic E-state index is 6.77. The third kappa shape index (κ3) is 3.66. The Morgan fingerprint density at radius 1 is 0.900 bits per heavy atom. The van der Waals surface area contributed by atoms with Crippen molar-refractivity contribution in [1.82, 2.24) is 0 Å². The van der Waals surface area contributed by atoms with Crippen molar-refractivity contribution in [3.8, 4) is 0 Å². The van der Waals surface area contributed by atoms with E-state index in [0.29, 0.717) is 0 Å². The van der Waals surface area contributed by atoms with Gasteiger partial charge in [-0.3, -0.25) is 0 Å². The highest BCUT2D eigenvalue weighted by molar-refractivity contribution is 5.20. The van der Waals surface area contributed by atoms with Crippen LogP contribution in [0.2, 0.25) is 0 Å². The van der Waals surface area contributed by atoms with Gasteiger partial charge in [0.15, 0.2) is 0 Å². The summed E-state index contributed by atoms with van der Waals surface area (Å²) in [6.45, 7) is 17.3. The van der Waals surface area contributed by atoms with Crippen molar-refractivity contribution in [3.05, 3.63) is 23.9 Å². The molecule has 0 radical (unpaired) electrons. The Kier molecular flexibility index (Phi) is 8.19. The predicted molar refractivity (Wildman–Crippen MR) is 89.7 cm³/mol. The lowest BCUT2D eigenvalue weighted by Crippen LogP contribution is -2.46. The zero-order valence-corrected chi connectivity index (χ0v) is 14.5. The zero-order chi connectivity index (χ0) is 15.8. The molecule has 0 heterocycles. The standard InChI is InChI=1S/C18H35NO/c1-8-15(7)17(10-3,11-4)20-18(12-5,13-6)16(9-2)14-19/h14H,7-13,19H2,1-6H3. The first-order chi connectivity index (χ1) is 9.45. The van der Waals surface area contributed by atoms with E-state index in [-0.39, 0.29) is 11.2 Å². The molecule has 0 saturated heterocycles. The summed E-state index contributed by atoms with van der Waals surface area (Å²) in [6, 6.07) is 0. The van der Waals surface area contributed by atoms with Gasteiger partial charge in [0.1, 0.15) is 0 Å². The molecule has 2 N–H and O–H groups in total. The maximum atomic E-state index is 6.77. The van der Waals surface area contributed by atoms with Gasteiger partial charge in [-0.25, -0.2) is 0 Å². The van der Waals surface area contributed by atoms with Crippen molar-refractivity contribution in [3.63, 3.8) is 0 Å². The summed E-state index contributed by atoms with van der Waals surface area (Å²) >= 11 is 0. The quantitative estimate of drug-likeness (QED) is 0.549. The van der Waals surface area contributed by atoms with Crippen molar-refractivity contribution in [2.75, 3.05) is 0 Å². The smallest absolute Gasteiger partial charge is 0.0914 e. The number of nitrogens with two attached hydrogens (primary N) is 1. The number of rotatable bonds is 10. The summed E-state index contributed by atoms with van der Waals surface area (Å²) in [5.74, 6) is 0. The molecule has 0 unspecified atom stereocenters. The van der Waals surface area contributed by atoms with Gasteiger partial charge in [0.25, 0.3) is 0 Å². The van der Waals surface area contributed by atoms with Gasteiger partial charge in [-0.05, 0) is 55.9 Å². The molecule has 0 amide bonds. The van der Waals surface area contributed by atoms with Crippen LogP contribution in [0.25, 0.3) is 0 Å². The molecule has 0 aromatic heterocycles. The van der Waals surface area contributed by atoms with E-state index in [1.165, 1.54) is 11.1 Å². The van der Waals surface area contributed by atoms with E-state index in [2.05, 4.69) is 48.1 Å². The molecule has 0 aliphatic carbocycles. The van der Waals surface area contributed by atoms with Crippen LogP contribution in [-0.2, 0) is 4.74 Å². The molecule has 0 aliphatic rings. The van der Waals surface area contributed by atoms with E-state index in [1.54, 1.807) is 6.20 Å². The minimum atomic E-state index is -0.256. The van der Waals surface area contributed by atoms with E-state index in [1.807, 2.05) is 0 Å². The highest BCUT2D eigenvalue weighted by Crippen LogP contribution is 2.41. The minimum Gasteiger partial charge on any atom is -0.405 e. The van der Waals surface area contributed by atoms with Crippen LogP contribution in [0, 0.1) is 0 Å². The van der Waals surface area contributed by atoms with Gasteiger partial charge in [-0.15, -0.1) is 0 Å². The van der Waals surface area contributed by atoms with Crippen LogP contribution in [0.1, 0.15) is 80.1 Å². The van der Waals surface area contributed by atoms with Crippen LogP contribution >= 0.6 is 0 Å². The minimum absolute atomic E-state index is 0.232. The molecule has 0 atom stereocenters. The molecule has 2 heteroatoms. The van der Waals surface area contributed by atoms with Crippen molar-refractivity contribution < 1.29 is 4.74 Å². The summed E-state index contributed by atoms with van der Waals surface area (Å²) in [6.07, 6.45) is 7.44. The fourth-order valence-corrected chi connectivity index (χ4v) is 3.17. The van der Waals surface area contributed by atoms with Crippen LogP contribution in [0.15, 0.2) is 23.9 Å². The summed E-state index contributed by atoms with van der Waals surface area (Å²) in [4.78, 5) is 0. The predicted octanol–water partition coefficient (Wildman–Crippen LogP) is 5.34. The molecule has 0 bridgehead atoms. The first kappa shape index (κ1) is 19.2. The molecule has 0 rings (SSSR count). The largest absolute Gasteiger partial charge is 0.405 e. The molecular formula is C18H35NO. The van der Waals surface area contributed by atoms with E-state index >= 15 is 0 Å². The molecular weight excluding hydrogens is 246 g/mol. The van der Waals surface area contributed by atoms with Crippen LogP contribution in [0.4, 0.5) is 0 Å². The highest BCUT2D eigenvalue weighted by Gasteiger charge is 2.41. The maximum Gasteiger partial charge on any atom is 0.0914 e. The Hall–Kier alpha value is -0.760. The lowest BCUT2D eigenvalue weighted by Gasteiger charge is -2.45. The molecule has 0 aliphatic heterocycles. The Morgan fingerprint density at radius 3 is 1.60 bits per heavy atom. The molecule has 0 saturated carbocycles. The van der Waals surface area contributed by atoms with Crippen LogP contribution in [0.5, 0.6) is 0 Å². The van der Waals surface area contributed by atoms with Crippen LogP contribution in [0.3, 0.4) is 0 Å². The summed E-state index contributed by atoms with van der Waals surface area (Å²) < 4.78 is 6.77. The fraction of sp³-hybridized carbons (Fsp3) is 0.778. The second-order valence-corrected chi connectivity index (χ2v) is 5.51. The normalized spacial score (nSPS) is 13.6. The number of hydrogen-bond donors (Lipinski definition) is 1. The van der Waals surface area contributed by atoms with Crippen LogP contribution < -0.4 is 5.73 Å². The Bertz CT molecular complexity index is 322. The summed E-state index contributed by atoms with van der Waals surface area (Å²) in [5.41, 5.74) is 7.78. The molecule has 0 aromatic carbocycles. The molecule has 0 aromatic rings. The van der Waals surface area contributed by atoms with Gasteiger partial charge in [0.05, 0.1) is 11.2 Å². The van der Waals surface area contributed by atoms with Crippen molar-refractivity contribution in [1.29, 1.82) is 0 Å². The molecule has 2 nitrogen and oxygen atoms in total. The lowest BCUT2D eigenvalue weighted by atomic mass is 9.82. The number of ether oxygens (including phenoxy) is 1. The van der Waals surface area contributed by atoms with Gasteiger partial charge in [-0.1, -0.05) is 48.1 Å². The van der Waals surface area contributed by atoms with E-state index in [4.69, 9.17) is 10.5 Å². The van der Waals surface area contributed by atoms with E-state index < -0.39 is 0 Å². The summed E-state index contributed by atoms with van der Waals surface area (Å²) in [5, 5.41) is 0. The molecule has 0 spiro atoms. The first-order valence-corrected chi connectivity index (χ1v) is 8.25. The van der Waals surface area contributed by atoms with Crippen molar-refractivity contribution in [2.45, 2.75) is 91.3 Å². The van der Waals surface area contributed by atoms with Crippen molar-refractivity contribution in [2.24, 2.45) is 5.73 Å². The SMILES string of the molecule is C=C(CC)C(CC)(CC)OC(CC)(CC)C(=CN)CC. The monoisotopic (exact) mass is 281 g/mol. The fourth-order valence-electron chi connectivity index (χ4n) is 3.17. The first-order valence-electron chi connectivity index (χ1n) is 8.25. The zero-order valence-electron chi connectivity index (χ0n) is 14.5. The second kappa shape index (κ2) is 8.51. The van der Waals surface area contributed by atoms with Gasteiger partial charge >= 0.3 is 0 Å². The third-order valence-electron chi connectivity index (χ3n) is 4.91. The van der Waals surface area contributed by atoms with Gasteiger partial charge in [0.2, 0.25) is 0 Å².